The van der Waals surface area contributed by atoms with Gasteiger partial charge in [-0.3, -0.25) is 18.9 Å². The first-order valence-corrected chi connectivity index (χ1v) is 14.3. The predicted octanol–water partition coefficient (Wildman–Crippen LogP) is 4.70. The average Bonchev–Trinajstić information content (AvgIpc) is 2.94. The van der Waals surface area contributed by atoms with Gasteiger partial charge in [0.05, 0.1) is 26.7 Å². The molecule has 0 fully saturated rings. The number of nitrogens with zero attached hydrogens (tertiary/aromatic N) is 3. The molecular weight excluding hydrogens is 534 g/mol. The first-order chi connectivity index (χ1) is 18.8. The summed E-state index contributed by atoms with van der Waals surface area (Å²) in [5.74, 6) is -0.124. The van der Waals surface area contributed by atoms with Crippen LogP contribution < -0.4 is 15.6 Å². The number of hydrogen-bond acceptors (Lipinski definition) is 7. The minimum Gasteiger partial charge on any atom is -0.325 e. The summed E-state index contributed by atoms with van der Waals surface area (Å²) in [6.07, 6.45) is 1.49. The molecule has 0 aliphatic carbocycles. The summed E-state index contributed by atoms with van der Waals surface area (Å²) in [6, 6.07) is 27.0. The fourth-order valence-electron chi connectivity index (χ4n) is 3.79. The van der Waals surface area contributed by atoms with Crippen LogP contribution in [0.15, 0.2) is 118 Å². The quantitative estimate of drug-likeness (QED) is 0.209. The van der Waals surface area contributed by atoms with Crippen LogP contribution in [0.3, 0.4) is 0 Å². The first-order valence-electron chi connectivity index (χ1n) is 11.9. The number of anilines is 2. The van der Waals surface area contributed by atoms with Gasteiger partial charge in [0.25, 0.3) is 15.6 Å². The minimum atomic E-state index is -3.84. The monoisotopic (exact) mass is 557 g/mol. The van der Waals surface area contributed by atoms with Crippen LogP contribution in [0.25, 0.3) is 16.6 Å². The fourth-order valence-corrected chi connectivity index (χ4v) is 5.72. The standard InChI is InChI=1S/C28H23N5O4S2/c1-19(26(34)30-20-14-16-22(17-15-20)39(36,37)32-25-13-7-8-18-29-25)38-28-31-24-12-6-5-11-23(24)27(35)33(28)21-9-3-2-4-10-21/h2-19H,1H3,(H,29,32)(H,30,34). The number of pyridine rings is 1. The van der Waals surface area contributed by atoms with Crippen LogP contribution in [-0.2, 0) is 14.8 Å². The highest BCUT2D eigenvalue weighted by atomic mass is 32.2. The second-order valence-electron chi connectivity index (χ2n) is 8.48. The third kappa shape index (κ3) is 5.84. The van der Waals surface area contributed by atoms with Crippen LogP contribution in [0.4, 0.5) is 11.5 Å². The van der Waals surface area contributed by atoms with Crippen LogP contribution >= 0.6 is 11.8 Å². The van der Waals surface area contributed by atoms with Gasteiger partial charge in [-0.25, -0.2) is 18.4 Å². The maximum atomic E-state index is 13.4. The number of thioether (sulfide) groups is 1. The topological polar surface area (TPSA) is 123 Å². The van der Waals surface area contributed by atoms with E-state index in [1.807, 2.05) is 36.4 Å². The molecule has 0 bridgehead atoms. The Kier molecular flexibility index (Phi) is 7.44. The van der Waals surface area contributed by atoms with Gasteiger partial charge < -0.3 is 5.32 Å². The van der Waals surface area contributed by atoms with E-state index in [1.54, 1.807) is 43.3 Å². The summed E-state index contributed by atoms with van der Waals surface area (Å²) in [6.45, 7) is 1.71. The SMILES string of the molecule is CC(Sc1nc2ccccc2c(=O)n1-c1ccccc1)C(=O)Nc1ccc(S(=O)(=O)Nc2ccccn2)cc1. The third-order valence-corrected chi connectivity index (χ3v) is 8.17. The Morgan fingerprint density at radius 1 is 0.897 bits per heavy atom. The van der Waals surface area contributed by atoms with Crippen LogP contribution in [0.5, 0.6) is 0 Å². The fraction of sp³-hybridized carbons (Fsp3) is 0.0714. The van der Waals surface area contributed by atoms with E-state index in [1.165, 1.54) is 35.0 Å². The van der Waals surface area contributed by atoms with Crippen molar-refractivity contribution >= 4 is 50.1 Å². The molecule has 196 valence electrons. The van der Waals surface area contributed by atoms with Gasteiger partial charge in [0, 0.05) is 11.9 Å². The summed E-state index contributed by atoms with van der Waals surface area (Å²) in [7, 11) is -3.84. The molecule has 0 spiro atoms. The summed E-state index contributed by atoms with van der Waals surface area (Å²) in [5, 5.41) is 3.04. The zero-order valence-electron chi connectivity index (χ0n) is 20.7. The van der Waals surface area contributed by atoms with Gasteiger partial charge >= 0.3 is 0 Å². The number of carbonyl (C=O) groups excluding carboxylic acids is 1. The molecule has 3 aromatic carbocycles. The van der Waals surface area contributed by atoms with Crippen molar-refractivity contribution in [3.8, 4) is 5.69 Å². The maximum absolute atomic E-state index is 13.4. The lowest BCUT2D eigenvalue weighted by Gasteiger charge is -2.16. The lowest BCUT2D eigenvalue weighted by molar-refractivity contribution is -0.115. The normalized spacial score (nSPS) is 12.1. The number of carbonyl (C=O) groups is 1. The van der Waals surface area contributed by atoms with Crippen LogP contribution in [0, 0.1) is 0 Å². The number of hydrogen-bond donors (Lipinski definition) is 2. The highest BCUT2D eigenvalue weighted by Crippen LogP contribution is 2.26. The molecule has 0 saturated carbocycles. The minimum absolute atomic E-state index is 0.0285. The van der Waals surface area contributed by atoms with Crippen molar-refractivity contribution in [3.63, 3.8) is 0 Å². The van der Waals surface area contributed by atoms with Crippen molar-refractivity contribution in [2.75, 3.05) is 10.0 Å². The van der Waals surface area contributed by atoms with Crippen molar-refractivity contribution in [3.05, 3.63) is 114 Å². The molecule has 0 saturated heterocycles. The van der Waals surface area contributed by atoms with Gasteiger partial charge in [-0.2, -0.15) is 0 Å². The smallest absolute Gasteiger partial charge is 0.266 e. The molecule has 2 heterocycles. The molecule has 39 heavy (non-hydrogen) atoms. The molecule has 1 atom stereocenters. The molecule has 0 aliphatic heterocycles. The Morgan fingerprint density at radius 2 is 1.59 bits per heavy atom. The first kappa shape index (κ1) is 26.1. The average molecular weight is 558 g/mol. The van der Waals surface area contributed by atoms with Gasteiger partial charge in [0.15, 0.2) is 5.16 Å². The molecule has 0 radical (unpaired) electrons. The Labute approximate surface area is 229 Å². The summed E-state index contributed by atoms with van der Waals surface area (Å²) in [4.78, 5) is 35.1. The van der Waals surface area contributed by atoms with Crippen molar-refractivity contribution in [2.24, 2.45) is 0 Å². The van der Waals surface area contributed by atoms with Crippen molar-refractivity contribution in [1.29, 1.82) is 0 Å². The number of amides is 1. The molecule has 1 amide bonds. The second kappa shape index (κ2) is 11.1. The number of nitrogens with one attached hydrogen (secondary N) is 2. The molecule has 11 heteroatoms. The van der Waals surface area contributed by atoms with Crippen molar-refractivity contribution in [2.45, 2.75) is 22.2 Å². The molecule has 1 unspecified atom stereocenters. The molecule has 5 aromatic rings. The Bertz CT molecular complexity index is 1790. The van der Waals surface area contributed by atoms with Crippen molar-refractivity contribution < 1.29 is 13.2 Å². The number of aromatic nitrogens is 3. The van der Waals surface area contributed by atoms with Crippen molar-refractivity contribution in [1.82, 2.24) is 14.5 Å². The summed E-state index contributed by atoms with van der Waals surface area (Å²) >= 11 is 1.16. The highest BCUT2D eigenvalue weighted by molar-refractivity contribution is 8.00. The highest BCUT2D eigenvalue weighted by Gasteiger charge is 2.21. The Hall–Kier alpha value is -4.48. The van der Waals surface area contributed by atoms with Gasteiger partial charge in [-0.15, -0.1) is 0 Å². The summed E-state index contributed by atoms with van der Waals surface area (Å²) in [5.41, 5.74) is 1.39. The van der Waals surface area contributed by atoms with Crippen LogP contribution in [0.1, 0.15) is 6.92 Å². The molecular formula is C28H23N5O4S2. The van der Waals surface area contributed by atoms with E-state index in [2.05, 4.69) is 20.0 Å². The van der Waals surface area contributed by atoms with E-state index in [9.17, 15) is 18.0 Å². The van der Waals surface area contributed by atoms with Gasteiger partial charge in [0.2, 0.25) is 5.91 Å². The molecule has 0 aliphatic rings. The summed E-state index contributed by atoms with van der Waals surface area (Å²) < 4.78 is 29.2. The van der Waals surface area contributed by atoms with Crippen LogP contribution in [-0.4, -0.2) is 34.1 Å². The largest absolute Gasteiger partial charge is 0.325 e. The van der Waals surface area contributed by atoms with E-state index < -0.39 is 15.3 Å². The number of fused-ring (bicyclic) bond motifs is 1. The van der Waals surface area contributed by atoms with E-state index in [0.29, 0.717) is 27.4 Å². The van der Waals surface area contributed by atoms with E-state index >= 15 is 0 Å². The van der Waals surface area contributed by atoms with E-state index in [4.69, 9.17) is 0 Å². The molecule has 2 N–H and O–H groups in total. The molecule has 9 nitrogen and oxygen atoms in total. The van der Waals surface area contributed by atoms with Crippen LogP contribution in [0.2, 0.25) is 0 Å². The Balaban J connectivity index is 1.34. The van der Waals surface area contributed by atoms with E-state index in [-0.39, 0.29) is 22.2 Å². The lowest BCUT2D eigenvalue weighted by atomic mass is 10.2. The molecule has 2 aromatic heterocycles. The zero-order chi connectivity index (χ0) is 27.4. The van der Waals surface area contributed by atoms with E-state index in [0.717, 1.165) is 11.8 Å². The van der Waals surface area contributed by atoms with Gasteiger partial charge in [0.1, 0.15) is 5.82 Å². The third-order valence-electron chi connectivity index (χ3n) is 5.75. The second-order valence-corrected chi connectivity index (χ2v) is 11.5. The maximum Gasteiger partial charge on any atom is 0.266 e. The Morgan fingerprint density at radius 3 is 2.31 bits per heavy atom. The number of benzene rings is 3. The zero-order valence-corrected chi connectivity index (χ0v) is 22.3. The number of rotatable bonds is 8. The van der Waals surface area contributed by atoms with Gasteiger partial charge in [-0.05, 0) is 67.6 Å². The molecule has 5 rings (SSSR count). The lowest BCUT2D eigenvalue weighted by Crippen LogP contribution is -2.26. The predicted molar refractivity (Wildman–Crippen MR) is 153 cm³/mol. The van der Waals surface area contributed by atoms with Gasteiger partial charge in [-0.1, -0.05) is 48.2 Å². The number of para-hydroxylation sites is 2. The number of sulfonamides is 1.